The zero-order valence-corrected chi connectivity index (χ0v) is 12.0. The van der Waals surface area contributed by atoms with Crippen molar-refractivity contribution in [2.24, 2.45) is 5.92 Å². The van der Waals surface area contributed by atoms with E-state index < -0.39 is 0 Å². The van der Waals surface area contributed by atoms with E-state index in [0.29, 0.717) is 5.92 Å². The molecule has 0 aliphatic heterocycles. The van der Waals surface area contributed by atoms with Gasteiger partial charge in [-0.1, -0.05) is 33.6 Å². The van der Waals surface area contributed by atoms with Crippen LogP contribution < -0.4 is 10.1 Å². The van der Waals surface area contributed by atoms with E-state index in [1.54, 1.807) is 6.33 Å². The van der Waals surface area contributed by atoms with Crippen molar-refractivity contribution in [2.75, 3.05) is 18.5 Å². The molecule has 4 heteroatoms. The molecule has 0 saturated heterocycles. The normalized spacial score (nSPS) is 10.7. The van der Waals surface area contributed by atoms with Crippen LogP contribution in [0.2, 0.25) is 0 Å². The molecule has 0 atom stereocenters. The van der Waals surface area contributed by atoms with Gasteiger partial charge in [0.25, 0.3) is 0 Å². The number of nitrogens with one attached hydrogen (secondary N) is 1. The van der Waals surface area contributed by atoms with Gasteiger partial charge in [0.15, 0.2) is 0 Å². The van der Waals surface area contributed by atoms with Crippen molar-refractivity contribution in [3.63, 3.8) is 0 Å². The number of nitrogens with zero attached hydrogens (tertiary/aromatic N) is 2. The Kier molecular flexibility index (Phi) is 6.47. The zero-order valence-electron chi connectivity index (χ0n) is 12.0. The highest BCUT2D eigenvalue weighted by molar-refractivity contribution is 5.48. The van der Waals surface area contributed by atoms with Gasteiger partial charge >= 0.3 is 0 Å². The molecule has 102 valence electrons. The number of hydrogen-bond acceptors (Lipinski definition) is 4. The van der Waals surface area contributed by atoms with Crippen molar-refractivity contribution in [3.8, 4) is 5.88 Å². The van der Waals surface area contributed by atoms with Crippen molar-refractivity contribution >= 4 is 5.82 Å². The third-order valence-corrected chi connectivity index (χ3v) is 3.21. The molecular weight excluding hydrogens is 226 g/mol. The molecule has 0 aromatic carbocycles. The van der Waals surface area contributed by atoms with E-state index in [1.807, 2.05) is 0 Å². The average Bonchev–Trinajstić information content (AvgIpc) is 2.40. The Morgan fingerprint density at radius 3 is 2.44 bits per heavy atom. The highest BCUT2D eigenvalue weighted by Crippen LogP contribution is 2.23. The molecule has 1 rings (SSSR count). The van der Waals surface area contributed by atoms with Crippen LogP contribution in [0.15, 0.2) is 6.33 Å². The predicted octanol–water partition coefficient (Wildman–Crippen LogP) is 3.29. The number of anilines is 1. The van der Waals surface area contributed by atoms with Gasteiger partial charge in [-0.3, -0.25) is 0 Å². The molecule has 0 fully saturated rings. The van der Waals surface area contributed by atoms with Crippen LogP contribution in [0.1, 0.15) is 46.1 Å². The molecule has 0 bridgehead atoms. The van der Waals surface area contributed by atoms with Crippen molar-refractivity contribution in [2.45, 2.75) is 47.0 Å². The summed E-state index contributed by atoms with van der Waals surface area (Å²) < 4.78 is 5.87. The molecule has 0 amide bonds. The average molecular weight is 251 g/mol. The number of hydrogen-bond donors (Lipinski definition) is 1. The first-order valence-corrected chi connectivity index (χ1v) is 6.97. The van der Waals surface area contributed by atoms with Gasteiger partial charge in [0.05, 0.1) is 12.2 Å². The van der Waals surface area contributed by atoms with Gasteiger partial charge in [0.1, 0.15) is 12.1 Å². The van der Waals surface area contributed by atoms with Gasteiger partial charge in [-0.05, 0) is 19.3 Å². The lowest BCUT2D eigenvalue weighted by molar-refractivity contribution is 0.230. The van der Waals surface area contributed by atoms with Crippen molar-refractivity contribution in [1.29, 1.82) is 0 Å². The Morgan fingerprint density at radius 1 is 1.17 bits per heavy atom. The molecule has 4 nitrogen and oxygen atoms in total. The van der Waals surface area contributed by atoms with Crippen LogP contribution in [0, 0.1) is 5.92 Å². The van der Waals surface area contributed by atoms with Gasteiger partial charge in [-0.2, -0.15) is 0 Å². The Balaban J connectivity index is 2.78. The maximum absolute atomic E-state index is 5.87. The Bertz CT molecular complexity index is 351. The van der Waals surface area contributed by atoms with Crippen LogP contribution in [0.5, 0.6) is 5.88 Å². The Morgan fingerprint density at radius 2 is 1.89 bits per heavy atom. The third-order valence-electron chi connectivity index (χ3n) is 3.21. The van der Waals surface area contributed by atoms with Crippen LogP contribution in [0.3, 0.4) is 0 Å². The summed E-state index contributed by atoms with van der Waals surface area (Å²) in [5.41, 5.74) is 1.07. The predicted molar refractivity (Wildman–Crippen MR) is 75.1 cm³/mol. The number of aromatic nitrogens is 2. The highest BCUT2D eigenvalue weighted by Gasteiger charge is 2.12. The van der Waals surface area contributed by atoms with Crippen LogP contribution in [-0.2, 0) is 6.42 Å². The molecule has 0 radical (unpaired) electrons. The van der Waals surface area contributed by atoms with E-state index in [2.05, 4.69) is 43.0 Å². The largest absolute Gasteiger partial charge is 0.477 e. The SMILES string of the molecule is CCNc1ncnc(OCC(CC)CC)c1CC. The summed E-state index contributed by atoms with van der Waals surface area (Å²) in [4.78, 5) is 8.52. The minimum atomic E-state index is 0.604. The summed E-state index contributed by atoms with van der Waals surface area (Å²) in [5.74, 6) is 2.23. The molecule has 0 spiro atoms. The van der Waals surface area contributed by atoms with Crippen molar-refractivity contribution in [1.82, 2.24) is 9.97 Å². The molecule has 1 aromatic rings. The summed E-state index contributed by atoms with van der Waals surface area (Å²) in [6.45, 7) is 10.2. The van der Waals surface area contributed by atoms with E-state index in [1.165, 1.54) is 0 Å². The van der Waals surface area contributed by atoms with E-state index >= 15 is 0 Å². The number of ether oxygens (including phenoxy) is 1. The van der Waals surface area contributed by atoms with E-state index in [4.69, 9.17) is 4.74 Å². The molecule has 1 aromatic heterocycles. The first kappa shape index (κ1) is 14.7. The standard InChI is InChI=1S/C14H25N3O/c1-5-11(6-2)9-18-14-12(7-3)13(15-8-4)16-10-17-14/h10-11H,5-9H2,1-4H3,(H,15,16,17). The van der Waals surface area contributed by atoms with Crippen LogP contribution in [0.25, 0.3) is 0 Å². The fourth-order valence-corrected chi connectivity index (χ4v) is 1.88. The van der Waals surface area contributed by atoms with Crippen LogP contribution >= 0.6 is 0 Å². The minimum absolute atomic E-state index is 0.604. The van der Waals surface area contributed by atoms with Gasteiger partial charge in [-0.25, -0.2) is 9.97 Å². The number of rotatable bonds is 8. The minimum Gasteiger partial charge on any atom is -0.477 e. The third kappa shape index (κ3) is 3.86. The summed E-state index contributed by atoms with van der Waals surface area (Å²) in [5, 5.41) is 3.25. The molecule has 18 heavy (non-hydrogen) atoms. The molecule has 0 saturated carbocycles. The fourth-order valence-electron chi connectivity index (χ4n) is 1.88. The lowest BCUT2D eigenvalue weighted by Gasteiger charge is -2.16. The van der Waals surface area contributed by atoms with Crippen molar-refractivity contribution < 1.29 is 4.74 Å². The second-order valence-electron chi connectivity index (χ2n) is 4.38. The van der Waals surface area contributed by atoms with Gasteiger partial charge in [0, 0.05) is 6.54 Å². The van der Waals surface area contributed by atoms with Crippen molar-refractivity contribution in [3.05, 3.63) is 11.9 Å². The second-order valence-corrected chi connectivity index (χ2v) is 4.38. The summed E-state index contributed by atoms with van der Waals surface area (Å²) in [6.07, 6.45) is 4.73. The maximum Gasteiger partial charge on any atom is 0.221 e. The monoisotopic (exact) mass is 251 g/mol. The van der Waals surface area contributed by atoms with Crippen LogP contribution in [0.4, 0.5) is 5.82 Å². The van der Waals surface area contributed by atoms with Gasteiger partial charge in [0.2, 0.25) is 5.88 Å². The molecular formula is C14H25N3O. The smallest absolute Gasteiger partial charge is 0.221 e. The maximum atomic E-state index is 5.87. The molecule has 1 N–H and O–H groups in total. The Labute approximate surface area is 110 Å². The summed E-state index contributed by atoms with van der Waals surface area (Å²) in [7, 11) is 0. The van der Waals surface area contributed by atoms with Crippen LogP contribution in [-0.4, -0.2) is 23.1 Å². The lowest BCUT2D eigenvalue weighted by atomic mass is 10.1. The topological polar surface area (TPSA) is 47.0 Å². The Hall–Kier alpha value is -1.32. The molecule has 0 unspecified atom stereocenters. The molecule has 0 aliphatic carbocycles. The van der Waals surface area contributed by atoms with E-state index in [0.717, 1.165) is 49.7 Å². The second kappa shape index (κ2) is 7.90. The fraction of sp³-hybridized carbons (Fsp3) is 0.714. The molecule has 0 aliphatic rings. The lowest BCUT2D eigenvalue weighted by Crippen LogP contribution is -2.13. The van der Waals surface area contributed by atoms with E-state index in [-0.39, 0.29) is 0 Å². The zero-order chi connectivity index (χ0) is 13.4. The van der Waals surface area contributed by atoms with Gasteiger partial charge < -0.3 is 10.1 Å². The van der Waals surface area contributed by atoms with Gasteiger partial charge in [-0.15, -0.1) is 0 Å². The van der Waals surface area contributed by atoms with E-state index in [9.17, 15) is 0 Å². The first-order valence-electron chi connectivity index (χ1n) is 6.97. The summed E-state index contributed by atoms with van der Waals surface area (Å²) >= 11 is 0. The molecule has 1 heterocycles. The first-order chi connectivity index (χ1) is 8.76. The highest BCUT2D eigenvalue weighted by atomic mass is 16.5. The quantitative estimate of drug-likeness (QED) is 0.770. The summed E-state index contributed by atoms with van der Waals surface area (Å²) in [6, 6.07) is 0.